The summed E-state index contributed by atoms with van der Waals surface area (Å²) in [5.41, 5.74) is 0.772. The molecule has 2 aliphatic carbocycles. The molecule has 3 aliphatic rings. The van der Waals surface area contributed by atoms with E-state index in [1.807, 2.05) is 59.5 Å². The molecule has 5 rings (SSSR count). The molecule has 1 N–H and O–H groups in total. The van der Waals surface area contributed by atoms with Gasteiger partial charge in [0.2, 0.25) is 11.8 Å². The molecule has 5 heteroatoms. The first-order valence-corrected chi connectivity index (χ1v) is 11.1. The zero-order chi connectivity index (χ0) is 21.7. The monoisotopic (exact) mass is 415 g/mol. The summed E-state index contributed by atoms with van der Waals surface area (Å²) in [6.45, 7) is 5.53. The zero-order valence-electron chi connectivity index (χ0n) is 18.2. The predicted octanol–water partition coefficient (Wildman–Crippen LogP) is 3.82. The van der Waals surface area contributed by atoms with Crippen LogP contribution in [-0.4, -0.2) is 33.8 Å². The number of hydrogen-bond acceptors (Lipinski definition) is 3. The maximum atomic E-state index is 13.8. The van der Waals surface area contributed by atoms with Crippen LogP contribution < -0.4 is 5.32 Å². The van der Waals surface area contributed by atoms with Crippen molar-refractivity contribution in [1.82, 2.24) is 15.2 Å². The molecule has 2 saturated carbocycles. The van der Waals surface area contributed by atoms with Crippen LogP contribution in [0, 0.1) is 16.7 Å². The summed E-state index contributed by atoms with van der Waals surface area (Å²) < 4.78 is 0. The second kappa shape index (κ2) is 7.04. The van der Waals surface area contributed by atoms with E-state index in [1.165, 1.54) is 0 Å². The predicted molar refractivity (Wildman–Crippen MR) is 120 cm³/mol. The Kier molecular flexibility index (Phi) is 4.54. The molecule has 2 amide bonds. The van der Waals surface area contributed by atoms with Gasteiger partial charge in [-0.05, 0) is 54.4 Å². The molecule has 1 saturated heterocycles. The molecule has 1 aromatic carbocycles. The first-order chi connectivity index (χ1) is 14.9. The van der Waals surface area contributed by atoms with E-state index in [9.17, 15) is 9.59 Å². The van der Waals surface area contributed by atoms with Crippen molar-refractivity contribution in [2.75, 3.05) is 6.54 Å². The van der Waals surface area contributed by atoms with Crippen molar-refractivity contribution >= 4 is 17.9 Å². The maximum absolute atomic E-state index is 13.8. The van der Waals surface area contributed by atoms with Crippen LogP contribution in [0.1, 0.15) is 44.4 Å². The third-order valence-electron chi connectivity index (χ3n) is 8.57. The highest BCUT2D eigenvalue weighted by atomic mass is 16.2. The van der Waals surface area contributed by atoms with Gasteiger partial charge in [0.15, 0.2) is 0 Å². The molecule has 2 aromatic rings. The second-order valence-corrected chi connectivity index (χ2v) is 9.72. The molecule has 3 fully saturated rings. The number of rotatable bonds is 5. The van der Waals surface area contributed by atoms with Gasteiger partial charge in [-0.15, -0.1) is 0 Å². The molecule has 2 heterocycles. The highest BCUT2D eigenvalue weighted by Crippen LogP contribution is 2.75. The number of amides is 2. The van der Waals surface area contributed by atoms with Crippen molar-refractivity contribution in [2.45, 2.75) is 45.2 Å². The standard InChI is InChI=1S/C26H29N3O2/c1-24-18-29(22(30)12-11-19-8-4-3-5-9-19)26(16-20(24)13-14-25(24,26)2)23(31)28-17-21-10-6-7-15-27-21/h3-12,15,20H,13-14,16-18H2,1-2H3,(H,28,31)/b12-11+. The Balaban J connectivity index is 1.45. The van der Waals surface area contributed by atoms with Gasteiger partial charge in [0.1, 0.15) is 5.54 Å². The fraction of sp³-hybridized carbons (Fsp3) is 0.423. The summed E-state index contributed by atoms with van der Waals surface area (Å²) in [5, 5.41) is 3.13. The number of nitrogens with zero attached hydrogens (tertiary/aromatic N) is 2. The van der Waals surface area contributed by atoms with E-state index < -0.39 is 5.54 Å². The molecule has 1 aromatic heterocycles. The van der Waals surface area contributed by atoms with Crippen molar-refractivity contribution in [1.29, 1.82) is 0 Å². The summed E-state index contributed by atoms with van der Waals surface area (Å²) in [6.07, 6.45) is 8.08. The Morgan fingerprint density at radius 3 is 2.65 bits per heavy atom. The molecule has 0 spiro atoms. The van der Waals surface area contributed by atoms with Gasteiger partial charge in [0, 0.05) is 24.2 Å². The Morgan fingerprint density at radius 1 is 1.16 bits per heavy atom. The number of likely N-dealkylation sites (tertiary alicyclic amines) is 1. The normalized spacial score (nSPS) is 33.2. The SMILES string of the molecule is CC12CN(C(=O)/C=C/c3ccccc3)C3(C(=O)NCc4ccccn4)CC1CCC23C. The summed E-state index contributed by atoms with van der Waals surface area (Å²) in [5.74, 6) is 0.375. The average Bonchev–Trinajstić information content (AvgIpc) is 3.25. The molecule has 5 nitrogen and oxygen atoms in total. The number of piperidine rings is 1. The van der Waals surface area contributed by atoms with Gasteiger partial charge in [0.25, 0.3) is 0 Å². The number of nitrogens with one attached hydrogen (secondary N) is 1. The van der Waals surface area contributed by atoms with E-state index in [0.29, 0.717) is 19.0 Å². The highest BCUT2D eigenvalue weighted by Gasteiger charge is 2.80. The van der Waals surface area contributed by atoms with Crippen LogP contribution in [0.25, 0.3) is 6.08 Å². The van der Waals surface area contributed by atoms with Gasteiger partial charge in [-0.1, -0.05) is 50.2 Å². The minimum absolute atomic E-state index is 0.0222. The molecule has 4 atom stereocenters. The van der Waals surface area contributed by atoms with Gasteiger partial charge in [-0.25, -0.2) is 0 Å². The van der Waals surface area contributed by atoms with Crippen LogP contribution >= 0.6 is 0 Å². The first kappa shape index (κ1) is 20.0. The van der Waals surface area contributed by atoms with E-state index in [0.717, 1.165) is 30.5 Å². The van der Waals surface area contributed by atoms with Crippen LogP contribution in [0.5, 0.6) is 0 Å². The lowest BCUT2D eigenvalue weighted by molar-refractivity contribution is -0.149. The number of carbonyl (C=O) groups is 2. The highest BCUT2D eigenvalue weighted by molar-refractivity contribution is 5.99. The molecule has 1 aliphatic heterocycles. The van der Waals surface area contributed by atoms with Gasteiger partial charge >= 0.3 is 0 Å². The lowest BCUT2D eigenvalue weighted by atomic mass is 9.65. The fourth-order valence-corrected chi connectivity index (χ4v) is 6.65. The topological polar surface area (TPSA) is 62.3 Å². The van der Waals surface area contributed by atoms with Crippen molar-refractivity contribution < 1.29 is 9.59 Å². The Hall–Kier alpha value is -2.95. The Bertz CT molecular complexity index is 1040. The van der Waals surface area contributed by atoms with Crippen LogP contribution in [0.2, 0.25) is 0 Å². The third-order valence-corrected chi connectivity index (χ3v) is 8.57. The largest absolute Gasteiger partial charge is 0.348 e. The average molecular weight is 416 g/mol. The van der Waals surface area contributed by atoms with Crippen molar-refractivity contribution in [3.8, 4) is 0 Å². The number of hydrogen-bond donors (Lipinski definition) is 1. The van der Waals surface area contributed by atoms with E-state index >= 15 is 0 Å². The van der Waals surface area contributed by atoms with E-state index in [2.05, 4.69) is 24.1 Å². The van der Waals surface area contributed by atoms with Crippen LogP contribution in [-0.2, 0) is 16.1 Å². The van der Waals surface area contributed by atoms with Crippen LogP contribution in [0.15, 0.2) is 60.8 Å². The Morgan fingerprint density at radius 2 is 1.94 bits per heavy atom. The quantitative estimate of drug-likeness (QED) is 0.755. The van der Waals surface area contributed by atoms with E-state index in [1.54, 1.807) is 12.3 Å². The molecule has 160 valence electrons. The number of carbonyl (C=O) groups excluding carboxylic acids is 2. The van der Waals surface area contributed by atoms with Crippen LogP contribution in [0.4, 0.5) is 0 Å². The van der Waals surface area contributed by atoms with Crippen LogP contribution in [0.3, 0.4) is 0 Å². The molecule has 4 bridgehead atoms. The lowest BCUT2D eigenvalue weighted by Crippen LogP contribution is -2.63. The van der Waals surface area contributed by atoms with E-state index in [-0.39, 0.29) is 22.6 Å². The number of benzene rings is 1. The maximum Gasteiger partial charge on any atom is 0.247 e. The van der Waals surface area contributed by atoms with Crippen molar-refractivity contribution in [2.24, 2.45) is 16.7 Å². The molecule has 0 radical (unpaired) electrons. The molecule has 31 heavy (non-hydrogen) atoms. The molecular weight excluding hydrogens is 386 g/mol. The van der Waals surface area contributed by atoms with Gasteiger partial charge in [-0.3, -0.25) is 14.6 Å². The summed E-state index contributed by atoms with van der Waals surface area (Å²) in [6, 6.07) is 15.5. The number of pyridine rings is 1. The first-order valence-electron chi connectivity index (χ1n) is 11.1. The van der Waals surface area contributed by atoms with Gasteiger partial charge in [0.05, 0.1) is 12.2 Å². The van der Waals surface area contributed by atoms with E-state index in [4.69, 9.17) is 0 Å². The summed E-state index contributed by atoms with van der Waals surface area (Å²) in [7, 11) is 0. The van der Waals surface area contributed by atoms with Crippen molar-refractivity contribution in [3.05, 3.63) is 72.1 Å². The third kappa shape index (κ3) is 2.72. The smallest absolute Gasteiger partial charge is 0.247 e. The van der Waals surface area contributed by atoms with Crippen molar-refractivity contribution in [3.63, 3.8) is 0 Å². The Labute approximate surface area is 183 Å². The molecule has 4 unspecified atom stereocenters. The van der Waals surface area contributed by atoms with Gasteiger partial charge < -0.3 is 10.2 Å². The lowest BCUT2D eigenvalue weighted by Gasteiger charge is -2.46. The number of aromatic nitrogens is 1. The van der Waals surface area contributed by atoms with Gasteiger partial charge in [-0.2, -0.15) is 0 Å². The summed E-state index contributed by atoms with van der Waals surface area (Å²) >= 11 is 0. The summed E-state index contributed by atoms with van der Waals surface area (Å²) in [4.78, 5) is 33.4. The minimum Gasteiger partial charge on any atom is -0.348 e. The zero-order valence-corrected chi connectivity index (χ0v) is 18.2. The minimum atomic E-state index is -0.794. The fourth-order valence-electron chi connectivity index (χ4n) is 6.65. The molecular formula is C26H29N3O2. The second-order valence-electron chi connectivity index (χ2n) is 9.72.